The molecule has 7 nitrogen and oxygen atoms in total. The topological polar surface area (TPSA) is 92.4 Å². The van der Waals surface area contributed by atoms with Crippen LogP contribution in [0.5, 0.6) is 0 Å². The number of hydrogen-bond donors (Lipinski definition) is 2. The lowest BCUT2D eigenvalue weighted by atomic mass is 10.0. The molecule has 0 saturated carbocycles. The number of aryl methyl sites for hydroxylation is 1. The van der Waals surface area contributed by atoms with E-state index in [4.69, 9.17) is 5.11 Å². The second kappa shape index (κ2) is 4.25. The fraction of sp³-hybridized carbons (Fsp3) is 0.455. The lowest BCUT2D eigenvalue weighted by Crippen LogP contribution is -2.34. The van der Waals surface area contributed by atoms with Crippen LogP contribution in [0.25, 0.3) is 5.78 Å². The van der Waals surface area contributed by atoms with Gasteiger partial charge in [-0.3, -0.25) is 4.79 Å². The standard InChI is InChI=1S/C11H15N5O2/c1-7-4-8(15-11(2,3)5-9(17)18)16-10(14-7)12-6-13-16/h4,6,15H,5H2,1-3H3,(H,17,18). The van der Waals surface area contributed by atoms with Gasteiger partial charge in [0.05, 0.1) is 6.42 Å². The van der Waals surface area contributed by atoms with Gasteiger partial charge in [0, 0.05) is 17.3 Å². The lowest BCUT2D eigenvalue weighted by Gasteiger charge is -2.25. The van der Waals surface area contributed by atoms with Gasteiger partial charge in [-0.25, -0.2) is 4.98 Å². The van der Waals surface area contributed by atoms with Crippen LogP contribution < -0.4 is 5.32 Å². The van der Waals surface area contributed by atoms with E-state index in [9.17, 15) is 4.79 Å². The second-order valence-corrected chi connectivity index (χ2v) is 4.83. The van der Waals surface area contributed by atoms with Crippen LogP contribution in [0.4, 0.5) is 5.82 Å². The number of hydrogen-bond acceptors (Lipinski definition) is 5. The molecule has 2 rings (SSSR count). The van der Waals surface area contributed by atoms with E-state index in [1.54, 1.807) is 4.52 Å². The first-order chi connectivity index (χ1) is 8.37. The van der Waals surface area contributed by atoms with Gasteiger partial charge in [0.1, 0.15) is 12.1 Å². The molecule has 0 saturated heterocycles. The number of rotatable bonds is 4. The number of carboxylic acid groups (broad SMARTS) is 1. The fourth-order valence-corrected chi connectivity index (χ4v) is 1.79. The van der Waals surface area contributed by atoms with E-state index in [1.165, 1.54) is 6.33 Å². The Morgan fingerprint density at radius 1 is 1.56 bits per heavy atom. The minimum atomic E-state index is -0.854. The highest BCUT2D eigenvalue weighted by atomic mass is 16.4. The van der Waals surface area contributed by atoms with Crippen molar-refractivity contribution in [3.05, 3.63) is 18.1 Å². The van der Waals surface area contributed by atoms with Crippen molar-refractivity contribution in [2.45, 2.75) is 32.7 Å². The van der Waals surface area contributed by atoms with E-state index >= 15 is 0 Å². The van der Waals surface area contributed by atoms with Gasteiger partial charge >= 0.3 is 5.97 Å². The molecule has 2 heterocycles. The van der Waals surface area contributed by atoms with Gasteiger partial charge in [0.25, 0.3) is 5.78 Å². The van der Waals surface area contributed by atoms with Crippen LogP contribution in [0.1, 0.15) is 26.0 Å². The molecule has 0 bridgehead atoms. The molecule has 0 radical (unpaired) electrons. The molecule has 0 aliphatic carbocycles. The normalized spacial score (nSPS) is 11.7. The monoisotopic (exact) mass is 249 g/mol. The Labute approximate surface area is 104 Å². The van der Waals surface area contributed by atoms with Gasteiger partial charge in [-0.05, 0) is 20.8 Å². The Kier molecular flexibility index (Phi) is 2.90. The van der Waals surface area contributed by atoms with E-state index in [0.29, 0.717) is 11.6 Å². The molecule has 0 atom stereocenters. The fourth-order valence-electron chi connectivity index (χ4n) is 1.79. The van der Waals surface area contributed by atoms with Gasteiger partial charge in [0.15, 0.2) is 0 Å². The second-order valence-electron chi connectivity index (χ2n) is 4.83. The van der Waals surface area contributed by atoms with E-state index in [-0.39, 0.29) is 6.42 Å². The molecule has 0 spiro atoms. The largest absolute Gasteiger partial charge is 0.481 e. The summed E-state index contributed by atoms with van der Waals surface area (Å²) in [7, 11) is 0. The number of nitrogens with one attached hydrogen (secondary N) is 1. The highest BCUT2D eigenvalue weighted by molar-refractivity contribution is 5.69. The number of aromatic nitrogens is 4. The summed E-state index contributed by atoms with van der Waals surface area (Å²) in [5.74, 6) is 0.318. The van der Waals surface area contributed by atoms with Crippen LogP contribution in [0.3, 0.4) is 0 Å². The lowest BCUT2D eigenvalue weighted by molar-refractivity contribution is -0.137. The molecule has 2 N–H and O–H groups in total. The molecule has 0 amide bonds. The van der Waals surface area contributed by atoms with Crippen molar-refractivity contribution in [1.29, 1.82) is 0 Å². The summed E-state index contributed by atoms with van der Waals surface area (Å²) >= 11 is 0. The van der Waals surface area contributed by atoms with Crippen LogP contribution in [0.2, 0.25) is 0 Å². The molecule has 0 unspecified atom stereocenters. The zero-order valence-electron chi connectivity index (χ0n) is 10.5. The molecule has 0 aliphatic rings. The zero-order chi connectivity index (χ0) is 13.3. The number of fused-ring (bicyclic) bond motifs is 1. The van der Waals surface area contributed by atoms with Crippen LogP contribution in [-0.2, 0) is 4.79 Å². The van der Waals surface area contributed by atoms with Crippen molar-refractivity contribution in [2.24, 2.45) is 0 Å². The molecule has 2 aromatic rings. The summed E-state index contributed by atoms with van der Waals surface area (Å²) in [5.41, 5.74) is 0.211. The molecule has 96 valence electrons. The van der Waals surface area contributed by atoms with Crippen LogP contribution in [0.15, 0.2) is 12.4 Å². The maximum Gasteiger partial charge on any atom is 0.305 e. The minimum absolute atomic E-state index is 0.00452. The van der Waals surface area contributed by atoms with Gasteiger partial charge in [-0.1, -0.05) is 0 Å². The van der Waals surface area contributed by atoms with Gasteiger partial charge in [-0.15, -0.1) is 0 Å². The van der Waals surface area contributed by atoms with Crippen molar-refractivity contribution in [3.63, 3.8) is 0 Å². The molecule has 2 aromatic heterocycles. The van der Waals surface area contributed by atoms with E-state index in [2.05, 4.69) is 20.4 Å². The average Bonchev–Trinajstić information content (AvgIpc) is 2.61. The third kappa shape index (κ3) is 2.55. The molecule has 0 fully saturated rings. The SMILES string of the molecule is Cc1cc(NC(C)(C)CC(=O)O)n2ncnc2n1. The summed E-state index contributed by atoms with van der Waals surface area (Å²) in [5, 5.41) is 16.1. The summed E-state index contributed by atoms with van der Waals surface area (Å²) in [6, 6.07) is 1.81. The molecule has 0 aliphatic heterocycles. The number of aliphatic carboxylic acids is 1. The summed E-state index contributed by atoms with van der Waals surface area (Å²) in [4.78, 5) is 19.0. The molecular formula is C11H15N5O2. The van der Waals surface area contributed by atoms with Crippen LogP contribution >= 0.6 is 0 Å². The summed E-state index contributed by atoms with van der Waals surface area (Å²) in [6.07, 6.45) is 1.42. The van der Waals surface area contributed by atoms with Crippen molar-refractivity contribution in [1.82, 2.24) is 19.6 Å². The number of carboxylic acids is 1. The van der Waals surface area contributed by atoms with Crippen molar-refractivity contribution < 1.29 is 9.90 Å². The predicted octanol–water partition coefficient (Wildman–Crippen LogP) is 1.10. The Balaban J connectivity index is 2.36. The highest BCUT2D eigenvalue weighted by Gasteiger charge is 2.22. The Bertz CT molecular complexity index is 590. The minimum Gasteiger partial charge on any atom is -0.481 e. The highest BCUT2D eigenvalue weighted by Crippen LogP contribution is 2.18. The third-order valence-corrected chi connectivity index (χ3v) is 2.44. The molecule has 7 heteroatoms. The van der Waals surface area contributed by atoms with Crippen molar-refractivity contribution in [2.75, 3.05) is 5.32 Å². The van der Waals surface area contributed by atoms with Gasteiger partial charge in [0.2, 0.25) is 0 Å². The maximum atomic E-state index is 10.8. The van der Waals surface area contributed by atoms with Crippen LogP contribution in [-0.4, -0.2) is 36.2 Å². The quantitative estimate of drug-likeness (QED) is 0.842. The first-order valence-corrected chi connectivity index (χ1v) is 5.55. The molecular weight excluding hydrogens is 234 g/mol. The Morgan fingerprint density at radius 3 is 2.94 bits per heavy atom. The van der Waals surface area contributed by atoms with E-state index in [0.717, 1.165) is 5.69 Å². The Hall–Kier alpha value is -2.18. The average molecular weight is 249 g/mol. The zero-order valence-corrected chi connectivity index (χ0v) is 10.5. The van der Waals surface area contributed by atoms with Gasteiger partial charge < -0.3 is 10.4 Å². The number of nitrogens with zero attached hydrogens (tertiary/aromatic N) is 4. The van der Waals surface area contributed by atoms with E-state index in [1.807, 2.05) is 26.8 Å². The first kappa shape index (κ1) is 12.3. The van der Waals surface area contributed by atoms with Crippen molar-refractivity contribution in [3.8, 4) is 0 Å². The van der Waals surface area contributed by atoms with Gasteiger partial charge in [-0.2, -0.15) is 14.6 Å². The van der Waals surface area contributed by atoms with Crippen LogP contribution in [0, 0.1) is 6.92 Å². The summed E-state index contributed by atoms with van der Waals surface area (Å²) in [6.45, 7) is 5.49. The maximum absolute atomic E-state index is 10.8. The predicted molar refractivity (Wildman–Crippen MR) is 65.5 cm³/mol. The number of anilines is 1. The molecule has 0 aromatic carbocycles. The first-order valence-electron chi connectivity index (χ1n) is 5.55. The molecule has 18 heavy (non-hydrogen) atoms. The third-order valence-electron chi connectivity index (χ3n) is 2.44. The van der Waals surface area contributed by atoms with Crippen molar-refractivity contribution >= 4 is 17.6 Å². The summed E-state index contributed by atoms with van der Waals surface area (Å²) < 4.78 is 1.55. The Morgan fingerprint density at radius 2 is 2.28 bits per heavy atom. The van der Waals surface area contributed by atoms with E-state index < -0.39 is 11.5 Å². The smallest absolute Gasteiger partial charge is 0.305 e. The number of carbonyl (C=O) groups is 1.